The minimum atomic E-state index is 0.852. The Kier molecular flexibility index (Phi) is 3.62. The lowest BCUT2D eigenvalue weighted by Gasteiger charge is -2.07. The number of hydrogen-bond donors (Lipinski definition) is 1. The Morgan fingerprint density at radius 1 is 1.18 bits per heavy atom. The summed E-state index contributed by atoms with van der Waals surface area (Å²) in [5.74, 6) is 0. The van der Waals surface area contributed by atoms with Crippen LogP contribution in [0.5, 0.6) is 0 Å². The number of aromatic nitrogens is 1. The maximum atomic E-state index is 6.09. The molecule has 0 atom stereocenters. The molecule has 0 spiro atoms. The zero-order chi connectivity index (χ0) is 12.3. The molecule has 0 aliphatic heterocycles. The standard InChI is InChI=1S/C15H20N2/c1-3-5-6-11-7-8-15-13(9-11)14(16)10-12(4-2)17-15/h7-10H,3-6H2,1-2H3,(H2,16,17). The first-order valence-corrected chi connectivity index (χ1v) is 6.42. The van der Waals surface area contributed by atoms with Gasteiger partial charge in [0.1, 0.15) is 0 Å². The third-order valence-corrected chi connectivity index (χ3v) is 3.14. The average Bonchev–Trinajstić information content (AvgIpc) is 2.36. The van der Waals surface area contributed by atoms with E-state index in [-0.39, 0.29) is 0 Å². The first-order valence-electron chi connectivity index (χ1n) is 6.42. The van der Waals surface area contributed by atoms with Gasteiger partial charge in [0.15, 0.2) is 0 Å². The predicted molar refractivity (Wildman–Crippen MR) is 74.1 cm³/mol. The maximum Gasteiger partial charge on any atom is 0.0726 e. The largest absolute Gasteiger partial charge is 0.398 e. The lowest BCUT2D eigenvalue weighted by Crippen LogP contribution is -1.95. The van der Waals surface area contributed by atoms with Gasteiger partial charge in [-0.1, -0.05) is 26.3 Å². The number of hydrogen-bond acceptors (Lipinski definition) is 2. The van der Waals surface area contributed by atoms with Crippen molar-refractivity contribution in [1.82, 2.24) is 4.98 Å². The Balaban J connectivity index is 2.43. The van der Waals surface area contributed by atoms with E-state index in [2.05, 4.69) is 37.0 Å². The molecule has 1 aromatic carbocycles. The van der Waals surface area contributed by atoms with Crippen molar-refractivity contribution in [3.05, 3.63) is 35.5 Å². The molecule has 1 aromatic heterocycles. The van der Waals surface area contributed by atoms with Gasteiger partial charge < -0.3 is 5.73 Å². The van der Waals surface area contributed by atoms with Crippen molar-refractivity contribution >= 4 is 16.6 Å². The summed E-state index contributed by atoms with van der Waals surface area (Å²) in [6.07, 6.45) is 4.51. The summed E-state index contributed by atoms with van der Waals surface area (Å²) in [6, 6.07) is 8.44. The van der Waals surface area contributed by atoms with Crippen LogP contribution >= 0.6 is 0 Å². The molecule has 2 rings (SSSR count). The van der Waals surface area contributed by atoms with Gasteiger partial charge in [0.05, 0.1) is 5.52 Å². The molecule has 2 N–H and O–H groups in total. The van der Waals surface area contributed by atoms with Crippen LogP contribution in [0.1, 0.15) is 37.9 Å². The number of benzene rings is 1. The average molecular weight is 228 g/mol. The highest BCUT2D eigenvalue weighted by Gasteiger charge is 2.03. The van der Waals surface area contributed by atoms with Crippen molar-refractivity contribution in [2.75, 3.05) is 5.73 Å². The Labute approximate surface area is 103 Å². The number of anilines is 1. The molecule has 17 heavy (non-hydrogen) atoms. The molecule has 0 aliphatic carbocycles. The molecule has 0 aliphatic rings. The zero-order valence-corrected chi connectivity index (χ0v) is 10.7. The van der Waals surface area contributed by atoms with E-state index in [0.29, 0.717) is 0 Å². The SMILES string of the molecule is CCCCc1ccc2nc(CC)cc(N)c2c1. The summed E-state index contributed by atoms with van der Waals surface area (Å²) in [7, 11) is 0. The fourth-order valence-corrected chi connectivity index (χ4v) is 2.07. The molecule has 0 amide bonds. The van der Waals surface area contributed by atoms with E-state index in [9.17, 15) is 0 Å². The number of nitrogens with two attached hydrogens (primary N) is 1. The van der Waals surface area contributed by atoms with E-state index >= 15 is 0 Å². The summed E-state index contributed by atoms with van der Waals surface area (Å²) >= 11 is 0. The van der Waals surface area contributed by atoms with E-state index in [4.69, 9.17) is 5.73 Å². The van der Waals surface area contributed by atoms with E-state index < -0.39 is 0 Å². The van der Waals surface area contributed by atoms with Crippen molar-refractivity contribution in [2.24, 2.45) is 0 Å². The van der Waals surface area contributed by atoms with Crippen LogP contribution in [0.2, 0.25) is 0 Å². The second-order valence-electron chi connectivity index (χ2n) is 4.51. The van der Waals surface area contributed by atoms with Crippen molar-refractivity contribution < 1.29 is 0 Å². The zero-order valence-electron chi connectivity index (χ0n) is 10.7. The van der Waals surface area contributed by atoms with Crippen LogP contribution in [0.15, 0.2) is 24.3 Å². The van der Waals surface area contributed by atoms with Gasteiger partial charge in [-0.25, -0.2) is 0 Å². The first kappa shape index (κ1) is 11.9. The van der Waals surface area contributed by atoms with E-state index in [1.165, 1.54) is 18.4 Å². The topological polar surface area (TPSA) is 38.9 Å². The lowest BCUT2D eigenvalue weighted by atomic mass is 10.0. The first-order chi connectivity index (χ1) is 8.24. The highest BCUT2D eigenvalue weighted by atomic mass is 14.7. The maximum absolute atomic E-state index is 6.09. The van der Waals surface area contributed by atoms with Crippen molar-refractivity contribution in [1.29, 1.82) is 0 Å². The van der Waals surface area contributed by atoms with Crippen molar-refractivity contribution in [3.8, 4) is 0 Å². The van der Waals surface area contributed by atoms with Gasteiger partial charge in [-0.3, -0.25) is 4.98 Å². The molecular formula is C15H20N2. The molecule has 2 nitrogen and oxygen atoms in total. The predicted octanol–water partition coefficient (Wildman–Crippen LogP) is 3.72. The molecular weight excluding hydrogens is 208 g/mol. The Morgan fingerprint density at radius 2 is 2.00 bits per heavy atom. The van der Waals surface area contributed by atoms with E-state index in [1.807, 2.05) is 6.07 Å². The highest BCUT2D eigenvalue weighted by Crippen LogP contribution is 2.23. The number of aryl methyl sites for hydroxylation is 2. The van der Waals surface area contributed by atoms with Crippen LogP contribution in [-0.4, -0.2) is 4.98 Å². The van der Waals surface area contributed by atoms with Gasteiger partial charge in [0.2, 0.25) is 0 Å². The van der Waals surface area contributed by atoms with Crippen LogP contribution in [0.3, 0.4) is 0 Å². The number of nitrogens with zero attached hydrogens (tertiary/aromatic N) is 1. The van der Waals surface area contributed by atoms with Crippen LogP contribution in [0, 0.1) is 0 Å². The molecule has 0 saturated heterocycles. The molecule has 0 bridgehead atoms. The number of rotatable bonds is 4. The Morgan fingerprint density at radius 3 is 2.71 bits per heavy atom. The monoisotopic (exact) mass is 228 g/mol. The lowest BCUT2D eigenvalue weighted by molar-refractivity contribution is 0.796. The van der Waals surface area contributed by atoms with Crippen LogP contribution in [0.4, 0.5) is 5.69 Å². The quantitative estimate of drug-likeness (QED) is 0.866. The molecule has 0 saturated carbocycles. The Hall–Kier alpha value is -1.57. The molecule has 0 fully saturated rings. The van der Waals surface area contributed by atoms with E-state index in [0.717, 1.165) is 35.1 Å². The number of fused-ring (bicyclic) bond motifs is 1. The summed E-state index contributed by atoms with van der Waals surface area (Å²) in [5, 5.41) is 1.09. The third-order valence-electron chi connectivity index (χ3n) is 3.14. The second kappa shape index (κ2) is 5.17. The molecule has 2 aromatic rings. The van der Waals surface area contributed by atoms with Crippen LogP contribution < -0.4 is 5.73 Å². The molecule has 90 valence electrons. The summed E-state index contributed by atoms with van der Waals surface area (Å²) in [5.41, 5.74) is 10.4. The Bertz CT molecular complexity index is 518. The minimum absolute atomic E-state index is 0.852. The fraction of sp³-hybridized carbons (Fsp3) is 0.400. The molecule has 2 heteroatoms. The van der Waals surface area contributed by atoms with Gasteiger partial charge in [-0.15, -0.1) is 0 Å². The van der Waals surface area contributed by atoms with Gasteiger partial charge in [0, 0.05) is 16.8 Å². The highest BCUT2D eigenvalue weighted by molar-refractivity contribution is 5.90. The van der Waals surface area contributed by atoms with Crippen LogP contribution in [0.25, 0.3) is 10.9 Å². The van der Waals surface area contributed by atoms with Gasteiger partial charge in [0.25, 0.3) is 0 Å². The van der Waals surface area contributed by atoms with E-state index in [1.54, 1.807) is 0 Å². The van der Waals surface area contributed by atoms with Gasteiger partial charge in [-0.2, -0.15) is 0 Å². The number of unbranched alkanes of at least 4 members (excludes halogenated alkanes) is 1. The third kappa shape index (κ3) is 2.57. The second-order valence-corrected chi connectivity index (χ2v) is 4.51. The minimum Gasteiger partial charge on any atom is -0.398 e. The smallest absolute Gasteiger partial charge is 0.0726 e. The normalized spacial score (nSPS) is 10.9. The summed E-state index contributed by atoms with van der Waals surface area (Å²) in [4.78, 5) is 4.60. The summed E-state index contributed by atoms with van der Waals surface area (Å²) in [6.45, 7) is 4.31. The van der Waals surface area contributed by atoms with Crippen LogP contribution in [-0.2, 0) is 12.8 Å². The number of pyridine rings is 1. The molecule has 0 radical (unpaired) electrons. The van der Waals surface area contributed by atoms with Crippen molar-refractivity contribution in [3.63, 3.8) is 0 Å². The van der Waals surface area contributed by atoms with Gasteiger partial charge >= 0.3 is 0 Å². The molecule has 0 unspecified atom stereocenters. The fourth-order valence-electron chi connectivity index (χ4n) is 2.07. The molecule has 1 heterocycles. The van der Waals surface area contributed by atoms with Gasteiger partial charge in [-0.05, 0) is 43.0 Å². The number of nitrogen functional groups attached to an aromatic ring is 1. The van der Waals surface area contributed by atoms with Crippen molar-refractivity contribution in [2.45, 2.75) is 39.5 Å². The summed E-state index contributed by atoms with van der Waals surface area (Å²) < 4.78 is 0.